The molecule has 1 amide bonds. The van der Waals surface area contributed by atoms with Crippen molar-refractivity contribution in [2.75, 3.05) is 7.11 Å². The van der Waals surface area contributed by atoms with E-state index in [0.29, 0.717) is 24.4 Å². The molecule has 2 bridgehead atoms. The summed E-state index contributed by atoms with van der Waals surface area (Å²) < 4.78 is 5.23. The van der Waals surface area contributed by atoms with E-state index in [4.69, 9.17) is 9.72 Å². The molecule has 2 aliphatic rings. The maximum absolute atomic E-state index is 12.6. The number of nitrogens with one attached hydrogen (secondary N) is 2. The Morgan fingerprint density at radius 2 is 1.96 bits per heavy atom. The number of hydrogen-bond acceptors (Lipinski definition) is 5. The van der Waals surface area contributed by atoms with Crippen LogP contribution >= 0.6 is 11.3 Å². The van der Waals surface area contributed by atoms with E-state index in [1.807, 2.05) is 31.2 Å². The van der Waals surface area contributed by atoms with Gasteiger partial charge in [0.1, 0.15) is 10.8 Å². The minimum Gasteiger partial charge on any atom is -0.497 e. The normalized spacial score (nSPS) is 24.8. The largest absolute Gasteiger partial charge is 0.497 e. The van der Waals surface area contributed by atoms with E-state index in [2.05, 4.69) is 17.6 Å². The number of aryl methyl sites for hydroxylation is 1. The average Bonchev–Trinajstić information content (AvgIpc) is 3.23. The molecule has 2 saturated heterocycles. The zero-order valence-electron chi connectivity index (χ0n) is 16.8. The number of benzene rings is 1. The van der Waals surface area contributed by atoms with Crippen molar-refractivity contribution in [3.05, 3.63) is 34.8 Å². The van der Waals surface area contributed by atoms with Crippen LogP contribution < -0.4 is 15.4 Å². The Balaban J connectivity index is 1.38. The third-order valence-corrected chi connectivity index (χ3v) is 7.37. The van der Waals surface area contributed by atoms with Gasteiger partial charge in [0.2, 0.25) is 5.91 Å². The van der Waals surface area contributed by atoms with E-state index >= 15 is 0 Å². The molecule has 2 fully saturated rings. The third-order valence-electron chi connectivity index (χ3n) is 5.98. The fraction of sp³-hybridized carbons (Fsp3) is 0.545. The highest BCUT2D eigenvalue weighted by Crippen LogP contribution is 2.34. The highest BCUT2D eigenvalue weighted by Gasteiger charge is 2.34. The predicted octanol–water partition coefficient (Wildman–Crippen LogP) is 4.23. The smallest absolute Gasteiger partial charge is 0.220 e. The fourth-order valence-corrected chi connectivity index (χ4v) is 5.71. The van der Waals surface area contributed by atoms with E-state index in [1.54, 1.807) is 18.4 Å². The Bertz CT molecular complexity index is 821. The molecule has 2 aliphatic heterocycles. The lowest BCUT2D eigenvalue weighted by Gasteiger charge is -2.29. The molecule has 5 nitrogen and oxygen atoms in total. The molecule has 3 heterocycles. The Labute approximate surface area is 170 Å². The molecule has 0 aliphatic carbocycles. The van der Waals surface area contributed by atoms with Crippen molar-refractivity contribution in [2.24, 2.45) is 5.92 Å². The summed E-state index contributed by atoms with van der Waals surface area (Å²) in [7, 11) is 1.67. The number of hydrogen-bond donors (Lipinski definition) is 2. The third kappa shape index (κ3) is 4.23. The summed E-state index contributed by atoms with van der Waals surface area (Å²) in [6.45, 7) is 4.08. The molecule has 3 atom stereocenters. The van der Waals surface area contributed by atoms with E-state index in [9.17, 15) is 4.79 Å². The van der Waals surface area contributed by atoms with Crippen LogP contribution in [0.25, 0.3) is 10.6 Å². The first kappa shape index (κ1) is 19.4. The number of fused-ring (bicyclic) bond motifs is 2. The molecule has 6 heteroatoms. The molecule has 0 saturated carbocycles. The number of aromatic nitrogens is 1. The molecule has 2 N–H and O–H groups in total. The molecule has 1 aromatic heterocycles. The zero-order chi connectivity index (χ0) is 19.7. The number of methoxy groups -OCH3 is 1. The van der Waals surface area contributed by atoms with E-state index in [-0.39, 0.29) is 11.9 Å². The Morgan fingerprint density at radius 1 is 1.29 bits per heavy atom. The van der Waals surface area contributed by atoms with Gasteiger partial charge < -0.3 is 15.4 Å². The van der Waals surface area contributed by atoms with Crippen LogP contribution in [-0.4, -0.2) is 30.1 Å². The van der Waals surface area contributed by atoms with Gasteiger partial charge in [-0.25, -0.2) is 4.98 Å². The van der Waals surface area contributed by atoms with Crippen LogP contribution in [0.4, 0.5) is 0 Å². The Kier molecular flexibility index (Phi) is 5.69. The van der Waals surface area contributed by atoms with Crippen LogP contribution in [0.3, 0.4) is 0 Å². The first-order valence-corrected chi connectivity index (χ1v) is 11.0. The van der Waals surface area contributed by atoms with Crippen LogP contribution in [0.5, 0.6) is 5.75 Å². The van der Waals surface area contributed by atoms with Gasteiger partial charge in [0.25, 0.3) is 0 Å². The molecule has 150 valence electrons. The first-order chi connectivity index (χ1) is 13.5. The van der Waals surface area contributed by atoms with Crippen molar-refractivity contribution >= 4 is 17.2 Å². The molecule has 0 spiro atoms. The van der Waals surface area contributed by atoms with Gasteiger partial charge in [-0.3, -0.25) is 4.79 Å². The van der Waals surface area contributed by atoms with E-state index in [1.165, 1.54) is 12.8 Å². The molecule has 0 radical (unpaired) electrons. The van der Waals surface area contributed by atoms with Crippen molar-refractivity contribution in [3.8, 4) is 16.3 Å². The van der Waals surface area contributed by atoms with Gasteiger partial charge in [0.15, 0.2) is 0 Å². The maximum Gasteiger partial charge on any atom is 0.220 e. The van der Waals surface area contributed by atoms with Crippen LogP contribution in [0, 0.1) is 12.8 Å². The standard InChI is InChI=1S/C22H29N3O2S/c1-13(23-20(26)12-15-10-17-6-7-18(11-15)25-17)21-14(2)24-22(28-21)16-4-8-19(27-3)9-5-16/h4-5,8-9,13,15,17-18,25H,6-7,10-12H2,1-3H3,(H,23,26). The first-order valence-electron chi connectivity index (χ1n) is 10.2. The Morgan fingerprint density at radius 3 is 2.61 bits per heavy atom. The van der Waals surface area contributed by atoms with Gasteiger partial charge in [-0.2, -0.15) is 0 Å². The summed E-state index contributed by atoms with van der Waals surface area (Å²) in [4.78, 5) is 18.5. The number of rotatable bonds is 6. The molecule has 3 unspecified atom stereocenters. The molecular formula is C22H29N3O2S. The zero-order valence-corrected chi connectivity index (χ0v) is 17.6. The van der Waals surface area contributed by atoms with Gasteiger partial charge in [-0.15, -0.1) is 11.3 Å². The monoisotopic (exact) mass is 399 g/mol. The van der Waals surface area contributed by atoms with Crippen molar-refractivity contribution < 1.29 is 9.53 Å². The summed E-state index contributed by atoms with van der Waals surface area (Å²) in [5.74, 6) is 1.52. The fourth-order valence-electron chi connectivity index (χ4n) is 4.64. The molecule has 28 heavy (non-hydrogen) atoms. The highest BCUT2D eigenvalue weighted by atomic mass is 32.1. The summed E-state index contributed by atoms with van der Waals surface area (Å²) in [5.41, 5.74) is 2.06. The quantitative estimate of drug-likeness (QED) is 0.763. The van der Waals surface area contributed by atoms with Crippen LogP contribution in [0.2, 0.25) is 0 Å². The van der Waals surface area contributed by atoms with Crippen LogP contribution in [0.1, 0.15) is 55.6 Å². The van der Waals surface area contributed by atoms with Gasteiger partial charge in [-0.05, 0) is 69.7 Å². The summed E-state index contributed by atoms with van der Waals surface area (Å²) in [6.07, 6.45) is 5.46. The summed E-state index contributed by atoms with van der Waals surface area (Å²) in [6, 6.07) is 9.18. The number of thiazole rings is 1. The van der Waals surface area contributed by atoms with Gasteiger partial charge in [0, 0.05) is 24.1 Å². The van der Waals surface area contributed by atoms with Crippen molar-refractivity contribution in [1.29, 1.82) is 0 Å². The molecule has 1 aromatic carbocycles. The van der Waals surface area contributed by atoms with Gasteiger partial charge in [0.05, 0.1) is 23.7 Å². The molecular weight excluding hydrogens is 370 g/mol. The molecule has 4 rings (SSSR count). The maximum atomic E-state index is 12.6. The molecule has 2 aromatic rings. The number of piperidine rings is 1. The predicted molar refractivity (Wildman–Crippen MR) is 113 cm³/mol. The lowest BCUT2D eigenvalue weighted by atomic mass is 9.89. The van der Waals surface area contributed by atoms with E-state index in [0.717, 1.165) is 39.7 Å². The van der Waals surface area contributed by atoms with Crippen LogP contribution in [0.15, 0.2) is 24.3 Å². The lowest BCUT2D eigenvalue weighted by molar-refractivity contribution is -0.122. The number of amides is 1. The number of carbonyl (C=O) groups is 1. The number of carbonyl (C=O) groups excluding carboxylic acids is 1. The van der Waals surface area contributed by atoms with Gasteiger partial charge >= 0.3 is 0 Å². The van der Waals surface area contributed by atoms with E-state index < -0.39 is 0 Å². The number of ether oxygens (including phenoxy) is 1. The SMILES string of the molecule is COc1ccc(-c2nc(C)c(C(C)NC(=O)CC3CC4CCC(C3)N4)s2)cc1. The highest BCUT2D eigenvalue weighted by molar-refractivity contribution is 7.15. The van der Waals surface area contributed by atoms with Gasteiger partial charge in [-0.1, -0.05) is 0 Å². The number of nitrogens with zero attached hydrogens (tertiary/aromatic N) is 1. The summed E-state index contributed by atoms with van der Waals surface area (Å²) >= 11 is 1.66. The minimum absolute atomic E-state index is 0.0181. The Hall–Kier alpha value is -1.92. The van der Waals surface area contributed by atoms with Crippen LogP contribution in [-0.2, 0) is 4.79 Å². The second kappa shape index (κ2) is 8.21. The second-order valence-electron chi connectivity index (χ2n) is 8.17. The van der Waals surface area contributed by atoms with Crippen molar-refractivity contribution in [3.63, 3.8) is 0 Å². The van der Waals surface area contributed by atoms with Crippen molar-refractivity contribution in [2.45, 2.75) is 64.1 Å². The second-order valence-corrected chi connectivity index (χ2v) is 9.20. The minimum atomic E-state index is -0.0181. The summed E-state index contributed by atoms with van der Waals surface area (Å²) in [5, 5.41) is 7.83. The van der Waals surface area contributed by atoms with Crippen molar-refractivity contribution in [1.82, 2.24) is 15.6 Å². The average molecular weight is 400 g/mol. The topological polar surface area (TPSA) is 63.2 Å². The lowest BCUT2D eigenvalue weighted by Crippen LogP contribution is -2.40.